The van der Waals surface area contributed by atoms with Crippen molar-refractivity contribution in [3.05, 3.63) is 29.6 Å². The minimum atomic E-state index is 0.476. The molecule has 0 spiro atoms. The zero-order chi connectivity index (χ0) is 13.2. The van der Waals surface area contributed by atoms with Crippen molar-refractivity contribution in [2.75, 3.05) is 19.6 Å². The number of likely N-dealkylation sites (tertiary alicyclic amines) is 1. The number of fused-ring (bicyclic) bond motifs is 2. The van der Waals surface area contributed by atoms with E-state index < -0.39 is 0 Å². The lowest BCUT2D eigenvalue weighted by Crippen LogP contribution is -2.45. The molecule has 3 atom stereocenters. The summed E-state index contributed by atoms with van der Waals surface area (Å²) in [6.07, 6.45) is 5.11. The number of pyridine rings is 1. The third kappa shape index (κ3) is 2.82. The van der Waals surface area contributed by atoms with Crippen LogP contribution >= 0.6 is 0 Å². The Morgan fingerprint density at radius 3 is 2.58 bits per heavy atom. The summed E-state index contributed by atoms with van der Waals surface area (Å²) in [6.45, 7) is 8.64. The molecule has 1 aliphatic heterocycles. The van der Waals surface area contributed by atoms with E-state index in [9.17, 15) is 0 Å². The molecule has 3 rings (SSSR count). The van der Waals surface area contributed by atoms with Gasteiger partial charge >= 0.3 is 0 Å². The highest BCUT2D eigenvalue weighted by Gasteiger charge is 2.42. The van der Waals surface area contributed by atoms with Crippen molar-refractivity contribution in [3.63, 3.8) is 0 Å². The van der Waals surface area contributed by atoms with Crippen molar-refractivity contribution in [3.8, 4) is 0 Å². The van der Waals surface area contributed by atoms with E-state index in [1.165, 1.54) is 38.0 Å². The first kappa shape index (κ1) is 13.1. The third-order valence-electron chi connectivity index (χ3n) is 4.69. The first-order valence-electron chi connectivity index (χ1n) is 7.51. The number of aromatic nitrogens is 1. The predicted octanol–water partition coefficient (Wildman–Crippen LogP) is 2.64. The monoisotopic (exact) mass is 260 g/mol. The normalized spacial score (nSPS) is 30.7. The van der Waals surface area contributed by atoms with E-state index in [2.05, 4.69) is 28.9 Å². The van der Waals surface area contributed by atoms with Gasteiger partial charge in [-0.05, 0) is 49.8 Å². The molecule has 0 radical (unpaired) electrons. The Morgan fingerprint density at radius 2 is 2.00 bits per heavy atom. The Hall–Kier alpha value is -0.930. The van der Waals surface area contributed by atoms with E-state index in [-0.39, 0.29) is 0 Å². The number of hydrogen-bond acceptors (Lipinski definition) is 3. The average Bonchev–Trinajstić information content (AvgIpc) is 2.67. The minimum Gasteiger partial charge on any atom is -0.373 e. The van der Waals surface area contributed by atoms with Crippen molar-refractivity contribution >= 4 is 0 Å². The van der Waals surface area contributed by atoms with Crippen LogP contribution in [0.1, 0.15) is 31.0 Å². The highest BCUT2D eigenvalue weighted by Crippen LogP contribution is 2.39. The van der Waals surface area contributed by atoms with Crippen molar-refractivity contribution in [2.24, 2.45) is 11.8 Å². The van der Waals surface area contributed by atoms with Crippen LogP contribution in [0.15, 0.2) is 18.3 Å². The van der Waals surface area contributed by atoms with E-state index in [0.717, 1.165) is 24.1 Å². The van der Waals surface area contributed by atoms with Crippen LogP contribution in [-0.2, 0) is 11.3 Å². The van der Waals surface area contributed by atoms with Gasteiger partial charge in [0.1, 0.15) is 0 Å². The lowest BCUT2D eigenvalue weighted by Gasteiger charge is -2.37. The molecule has 2 aliphatic rings. The summed E-state index contributed by atoms with van der Waals surface area (Å²) in [6, 6.07) is 4.19. The Balaban J connectivity index is 1.58. The number of ether oxygens (including phenoxy) is 1. The highest BCUT2D eigenvalue weighted by molar-refractivity contribution is 5.12. The molecule has 2 heterocycles. The second-order valence-electron chi connectivity index (χ2n) is 6.03. The smallest absolute Gasteiger partial charge is 0.0735 e. The van der Waals surface area contributed by atoms with Crippen LogP contribution in [-0.4, -0.2) is 35.6 Å². The van der Waals surface area contributed by atoms with Gasteiger partial charge in [0.05, 0.1) is 12.7 Å². The molecule has 19 heavy (non-hydrogen) atoms. The standard InChI is InChI=1S/C16H24N2O/c1-3-18-9-14-6-7-15(10-18)16(14)19-11-13-5-4-12(2)17-8-13/h4-5,8,14-16H,3,6-7,9-11H2,1-2H3/t14-,15+,16+. The Bertz CT molecular complexity index is 403. The maximum atomic E-state index is 6.22. The van der Waals surface area contributed by atoms with Crippen LogP contribution in [0.3, 0.4) is 0 Å². The van der Waals surface area contributed by atoms with Crippen LogP contribution in [0.25, 0.3) is 0 Å². The lowest BCUT2D eigenvalue weighted by molar-refractivity contribution is -0.0498. The van der Waals surface area contributed by atoms with E-state index in [4.69, 9.17) is 4.74 Å². The molecule has 1 aromatic heterocycles. The summed E-state index contributed by atoms with van der Waals surface area (Å²) >= 11 is 0. The molecule has 2 bridgehead atoms. The first-order chi connectivity index (χ1) is 9.26. The molecule has 1 aliphatic carbocycles. The van der Waals surface area contributed by atoms with Crippen molar-refractivity contribution in [1.29, 1.82) is 0 Å². The fourth-order valence-corrected chi connectivity index (χ4v) is 3.58. The summed E-state index contributed by atoms with van der Waals surface area (Å²) in [5.41, 5.74) is 2.27. The SMILES string of the molecule is CCN1C[C@H]2CC[C@@H](C1)[C@H]2OCc1ccc(C)nc1. The van der Waals surface area contributed by atoms with E-state index in [1.54, 1.807) is 0 Å². The van der Waals surface area contributed by atoms with Gasteiger partial charge in [-0.1, -0.05) is 13.0 Å². The molecule has 0 N–H and O–H groups in total. The van der Waals surface area contributed by atoms with Gasteiger partial charge in [-0.2, -0.15) is 0 Å². The van der Waals surface area contributed by atoms with Crippen molar-refractivity contribution < 1.29 is 4.74 Å². The molecular weight excluding hydrogens is 236 g/mol. The number of nitrogens with zero attached hydrogens (tertiary/aromatic N) is 2. The highest BCUT2D eigenvalue weighted by atomic mass is 16.5. The predicted molar refractivity (Wildman–Crippen MR) is 75.9 cm³/mol. The maximum Gasteiger partial charge on any atom is 0.0735 e. The summed E-state index contributed by atoms with van der Waals surface area (Å²) < 4.78 is 6.22. The number of piperidine rings is 1. The molecule has 0 aromatic carbocycles. The van der Waals surface area contributed by atoms with Gasteiger partial charge in [-0.25, -0.2) is 0 Å². The number of aryl methyl sites for hydroxylation is 1. The molecule has 0 amide bonds. The van der Waals surface area contributed by atoms with Gasteiger partial charge in [0.2, 0.25) is 0 Å². The van der Waals surface area contributed by atoms with Crippen LogP contribution < -0.4 is 0 Å². The van der Waals surface area contributed by atoms with Gasteiger partial charge in [0.15, 0.2) is 0 Å². The first-order valence-corrected chi connectivity index (χ1v) is 7.51. The van der Waals surface area contributed by atoms with Gasteiger partial charge in [0, 0.05) is 25.0 Å². The van der Waals surface area contributed by atoms with Crippen LogP contribution in [0, 0.1) is 18.8 Å². The van der Waals surface area contributed by atoms with Gasteiger partial charge in [0.25, 0.3) is 0 Å². The quantitative estimate of drug-likeness (QED) is 0.832. The topological polar surface area (TPSA) is 25.4 Å². The molecule has 1 saturated carbocycles. The number of hydrogen-bond donors (Lipinski definition) is 0. The molecule has 0 unspecified atom stereocenters. The van der Waals surface area contributed by atoms with Crippen LogP contribution in [0.4, 0.5) is 0 Å². The lowest BCUT2D eigenvalue weighted by atomic mass is 9.95. The van der Waals surface area contributed by atoms with Crippen LogP contribution in [0.5, 0.6) is 0 Å². The second kappa shape index (κ2) is 5.59. The number of rotatable bonds is 4. The Kier molecular flexibility index (Phi) is 3.85. The second-order valence-corrected chi connectivity index (χ2v) is 6.03. The molecule has 1 saturated heterocycles. The fraction of sp³-hybridized carbons (Fsp3) is 0.688. The molecule has 2 fully saturated rings. The van der Waals surface area contributed by atoms with Gasteiger partial charge in [-0.15, -0.1) is 0 Å². The zero-order valence-corrected chi connectivity index (χ0v) is 12.0. The van der Waals surface area contributed by atoms with E-state index in [1.807, 2.05) is 13.1 Å². The van der Waals surface area contributed by atoms with Crippen LogP contribution in [0.2, 0.25) is 0 Å². The molecular formula is C16H24N2O. The fourth-order valence-electron chi connectivity index (χ4n) is 3.58. The Morgan fingerprint density at radius 1 is 1.26 bits per heavy atom. The minimum absolute atomic E-state index is 0.476. The molecule has 104 valence electrons. The van der Waals surface area contributed by atoms with Crippen molar-refractivity contribution in [2.45, 2.75) is 39.4 Å². The third-order valence-corrected chi connectivity index (χ3v) is 4.69. The average molecular weight is 260 g/mol. The van der Waals surface area contributed by atoms with E-state index >= 15 is 0 Å². The van der Waals surface area contributed by atoms with Gasteiger partial charge < -0.3 is 9.64 Å². The summed E-state index contributed by atoms with van der Waals surface area (Å²) in [5.74, 6) is 1.49. The van der Waals surface area contributed by atoms with Crippen molar-refractivity contribution in [1.82, 2.24) is 9.88 Å². The van der Waals surface area contributed by atoms with Gasteiger partial charge in [-0.3, -0.25) is 4.98 Å². The molecule has 1 aromatic rings. The summed E-state index contributed by atoms with van der Waals surface area (Å²) in [5, 5.41) is 0. The molecule has 3 nitrogen and oxygen atoms in total. The van der Waals surface area contributed by atoms with E-state index in [0.29, 0.717) is 6.10 Å². The largest absolute Gasteiger partial charge is 0.373 e. The molecule has 3 heteroatoms. The Labute approximate surface area is 116 Å². The zero-order valence-electron chi connectivity index (χ0n) is 12.0. The summed E-state index contributed by atoms with van der Waals surface area (Å²) in [7, 11) is 0. The maximum absolute atomic E-state index is 6.22. The summed E-state index contributed by atoms with van der Waals surface area (Å²) in [4.78, 5) is 6.91.